The predicted molar refractivity (Wildman–Crippen MR) is 141 cm³/mol. The number of aromatic nitrogens is 3. The van der Waals surface area contributed by atoms with Gasteiger partial charge in [-0.05, 0) is 51.2 Å². The van der Waals surface area contributed by atoms with E-state index in [1.54, 1.807) is 7.05 Å². The Balaban J connectivity index is 0.00000363. The van der Waals surface area contributed by atoms with Crippen molar-refractivity contribution < 1.29 is 4.74 Å². The molecule has 1 aromatic carbocycles. The average molecular weight is 555 g/mol. The SMILES string of the molecule is CCC(C)Oc1cc(C)ccc1CNC(=NC)NCCCc1nnc2n1CCCCC2.I. The molecule has 0 fully saturated rings. The maximum absolute atomic E-state index is 6.12. The van der Waals surface area contributed by atoms with Gasteiger partial charge >= 0.3 is 0 Å². The van der Waals surface area contributed by atoms with E-state index in [9.17, 15) is 0 Å². The van der Waals surface area contributed by atoms with Crippen LogP contribution in [-0.4, -0.2) is 40.4 Å². The summed E-state index contributed by atoms with van der Waals surface area (Å²) in [5, 5.41) is 15.7. The lowest BCUT2D eigenvalue weighted by atomic mass is 10.1. The Bertz CT molecular complexity index is 866. The smallest absolute Gasteiger partial charge is 0.191 e. The van der Waals surface area contributed by atoms with Crippen LogP contribution >= 0.6 is 24.0 Å². The summed E-state index contributed by atoms with van der Waals surface area (Å²) in [5.74, 6) is 4.03. The summed E-state index contributed by atoms with van der Waals surface area (Å²) < 4.78 is 8.45. The molecule has 0 saturated heterocycles. The van der Waals surface area contributed by atoms with Crippen molar-refractivity contribution in [1.82, 2.24) is 25.4 Å². The quantitative estimate of drug-likeness (QED) is 0.208. The predicted octanol–water partition coefficient (Wildman–Crippen LogP) is 4.41. The van der Waals surface area contributed by atoms with Crippen LogP contribution in [0.3, 0.4) is 0 Å². The number of rotatable bonds is 9. The number of hydrogen-bond donors (Lipinski definition) is 2. The Labute approximate surface area is 209 Å². The number of halogens is 1. The first-order chi connectivity index (χ1) is 15.1. The van der Waals surface area contributed by atoms with Gasteiger partial charge in [0.1, 0.15) is 17.4 Å². The highest BCUT2D eigenvalue weighted by molar-refractivity contribution is 14.0. The molecular weight excluding hydrogens is 515 g/mol. The number of nitrogens with one attached hydrogen (secondary N) is 2. The van der Waals surface area contributed by atoms with Crippen LogP contribution in [-0.2, 0) is 25.9 Å². The Morgan fingerprint density at radius 2 is 2.06 bits per heavy atom. The minimum absolute atomic E-state index is 0. The third-order valence-corrected chi connectivity index (χ3v) is 5.85. The van der Waals surface area contributed by atoms with Gasteiger partial charge in [0.15, 0.2) is 5.96 Å². The number of ether oxygens (including phenoxy) is 1. The molecule has 0 saturated carbocycles. The fourth-order valence-corrected chi connectivity index (χ4v) is 3.80. The van der Waals surface area contributed by atoms with Crippen LogP contribution in [0.15, 0.2) is 23.2 Å². The van der Waals surface area contributed by atoms with E-state index in [0.29, 0.717) is 6.54 Å². The maximum Gasteiger partial charge on any atom is 0.191 e. The van der Waals surface area contributed by atoms with Crippen molar-refractivity contribution in [1.29, 1.82) is 0 Å². The molecule has 0 spiro atoms. The zero-order chi connectivity index (χ0) is 22.1. The molecule has 1 atom stereocenters. The maximum atomic E-state index is 6.12. The summed E-state index contributed by atoms with van der Waals surface area (Å²) in [6.45, 7) is 8.91. The second-order valence-corrected chi connectivity index (χ2v) is 8.40. The Kier molecular flexibility index (Phi) is 11.3. The van der Waals surface area contributed by atoms with Gasteiger partial charge in [0.05, 0.1) is 6.10 Å². The van der Waals surface area contributed by atoms with Crippen molar-refractivity contribution in [3.05, 3.63) is 41.0 Å². The Hall–Kier alpha value is -1.84. The molecule has 0 aliphatic carbocycles. The molecular formula is C24H39IN6O. The number of benzene rings is 1. The number of guanidine groups is 1. The Morgan fingerprint density at radius 3 is 2.84 bits per heavy atom. The zero-order valence-corrected chi connectivity index (χ0v) is 22.3. The van der Waals surface area contributed by atoms with Crippen LogP contribution in [0.5, 0.6) is 5.75 Å². The lowest BCUT2D eigenvalue weighted by Crippen LogP contribution is -2.37. The molecule has 32 heavy (non-hydrogen) atoms. The van der Waals surface area contributed by atoms with Crippen molar-refractivity contribution in [3.8, 4) is 5.75 Å². The first kappa shape index (κ1) is 26.4. The van der Waals surface area contributed by atoms with E-state index in [-0.39, 0.29) is 30.1 Å². The van der Waals surface area contributed by atoms with Gasteiger partial charge in [-0.2, -0.15) is 0 Å². The molecule has 0 radical (unpaired) electrons. The fourth-order valence-electron chi connectivity index (χ4n) is 3.80. The van der Waals surface area contributed by atoms with Crippen molar-refractivity contribution in [3.63, 3.8) is 0 Å². The van der Waals surface area contributed by atoms with E-state index in [0.717, 1.165) is 67.7 Å². The van der Waals surface area contributed by atoms with Crippen molar-refractivity contribution in [2.45, 2.75) is 84.9 Å². The number of fused-ring (bicyclic) bond motifs is 1. The van der Waals surface area contributed by atoms with E-state index in [1.165, 1.54) is 24.8 Å². The number of hydrogen-bond acceptors (Lipinski definition) is 4. The summed E-state index contributed by atoms with van der Waals surface area (Å²) in [4.78, 5) is 4.37. The van der Waals surface area contributed by atoms with Gasteiger partial charge in [0.2, 0.25) is 0 Å². The molecule has 0 amide bonds. The molecule has 3 rings (SSSR count). The normalized spacial score (nSPS) is 14.7. The van der Waals surface area contributed by atoms with Crippen LogP contribution in [0, 0.1) is 6.92 Å². The summed E-state index contributed by atoms with van der Waals surface area (Å²) in [6, 6.07) is 6.36. The minimum atomic E-state index is 0. The number of aryl methyl sites for hydroxylation is 3. The van der Waals surface area contributed by atoms with Crippen LogP contribution in [0.1, 0.15) is 68.7 Å². The second kappa shape index (κ2) is 13.6. The van der Waals surface area contributed by atoms with Crippen LogP contribution in [0.2, 0.25) is 0 Å². The molecule has 1 aliphatic heterocycles. The fraction of sp³-hybridized carbons (Fsp3) is 0.625. The minimum Gasteiger partial charge on any atom is -0.490 e. The van der Waals surface area contributed by atoms with Gasteiger partial charge in [-0.25, -0.2) is 0 Å². The highest BCUT2D eigenvalue weighted by atomic mass is 127. The molecule has 1 unspecified atom stereocenters. The summed E-state index contributed by atoms with van der Waals surface area (Å²) in [6.07, 6.45) is 7.92. The topological polar surface area (TPSA) is 76.4 Å². The highest BCUT2D eigenvalue weighted by Gasteiger charge is 2.14. The van der Waals surface area contributed by atoms with Gasteiger partial charge < -0.3 is 19.9 Å². The summed E-state index contributed by atoms with van der Waals surface area (Å²) >= 11 is 0. The van der Waals surface area contributed by atoms with E-state index in [1.807, 2.05) is 0 Å². The largest absolute Gasteiger partial charge is 0.490 e. The van der Waals surface area contributed by atoms with Crippen molar-refractivity contribution >= 4 is 29.9 Å². The van der Waals surface area contributed by atoms with E-state index < -0.39 is 0 Å². The van der Waals surface area contributed by atoms with E-state index >= 15 is 0 Å². The zero-order valence-electron chi connectivity index (χ0n) is 20.0. The molecule has 2 N–H and O–H groups in total. The molecule has 0 bridgehead atoms. The van der Waals surface area contributed by atoms with Crippen LogP contribution in [0.4, 0.5) is 0 Å². The van der Waals surface area contributed by atoms with Gasteiger partial charge in [-0.15, -0.1) is 34.2 Å². The molecule has 8 heteroatoms. The van der Waals surface area contributed by atoms with E-state index in [2.05, 4.69) is 69.4 Å². The first-order valence-corrected chi connectivity index (χ1v) is 11.7. The third-order valence-electron chi connectivity index (χ3n) is 5.85. The molecule has 2 heterocycles. The second-order valence-electron chi connectivity index (χ2n) is 8.40. The van der Waals surface area contributed by atoms with Gasteiger partial charge in [-0.1, -0.05) is 25.5 Å². The number of nitrogens with zero attached hydrogens (tertiary/aromatic N) is 4. The van der Waals surface area contributed by atoms with Gasteiger partial charge in [-0.3, -0.25) is 4.99 Å². The molecule has 1 aliphatic rings. The summed E-state index contributed by atoms with van der Waals surface area (Å²) in [5.41, 5.74) is 2.34. The molecule has 7 nitrogen and oxygen atoms in total. The van der Waals surface area contributed by atoms with Crippen LogP contribution in [0.25, 0.3) is 0 Å². The standard InChI is InChI=1S/C24H38N6O.HI/c1-5-19(3)31-21-16-18(2)12-13-20(21)17-27-24(25-4)26-14-9-11-23-29-28-22-10-7-6-8-15-30(22)23;/h12-13,16,19H,5-11,14-15,17H2,1-4H3,(H2,25,26,27);1H. The highest BCUT2D eigenvalue weighted by Crippen LogP contribution is 2.22. The van der Waals surface area contributed by atoms with Crippen molar-refractivity contribution in [2.24, 2.45) is 4.99 Å². The lowest BCUT2D eigenvalue weighted by Gasteiger charge is -2.18. The summed E-state index contributed by atoms with van der Waals surface area (Å²) in [7, 11) is 1.81. The van der Waals surface area contributed by atoms with Gasteiger partial charge in [0, 0.05) is 45.1 Å². The molecule has 1 aromatic heterocycles. The monoisotopic (exact) mass is 554 g/mol. The Morgan fingerprint density at radius 1 is 1.22 bits per heavy atom. The van der Waals surface area contributed by atoms with Crippen LogP contribution < -0.4 is 15.4 Å². The third kappa shape index (κ3) is 7.64. The molecule has 178 valence electrons. The first-order valence-electron chi connectivity index (χ1n) is 11.7. The number of aliphatic imine (C=N–C) groups is 1. The van der Waals surface area contributed by atoms with E-state index in [4.69, 9.17) is 4.74 Å². The average Bonchev–Trinajstić information content (AvgIpc) is 3.00. The molecule has 2 aromatic rings. The van der Waals surface area contributed by atoms with Gasteiger partial charge in [0.25, 0.3) is 0 Å². The van der Waals surface area contributed by atoms with Crippen molar-refractivity contribution in [2.75, 3.05) is 13.6 Å². The lowest BCUT2D eigenvalue weighted by molar-refractivity contribution is 0.215.